The lowest BCUT2D eigenvalue weighted by atomic mass is 9.87. The number of nitrogens with two attached hydrogens (primary N) is 1. The van der Waals surface area contributed by atoms with E-state index < -0.39 is 5.91 Å². The zero-order valence-electron chi connectivity index (χ0n) is 17.5. The lowest BCUT2D eigenvalue weighted by molar-refractivity contribution is -0.116. The summed E-state index contributed by atoms with van der Waals surface area (Å²) in [5.41, 5.74) is 8.49. The molecule has 1 aromatic heterocycles. The number of anilines is 1. The van der Waals surface area contributed by atoms with E-state index in [-0.39, 0.29) is 11.3 Å². The van der Waals surface area contributed by atoms with Gasteiger partial charge in [0.05, 0.1) is 12.2 Å². The van der Waals surface area contributed by atoms with Gasteiger partial charge in [0.1, 0.15) is 10.8 Å². The monoisotopic (exact) mass is 414 g/mol. The van der Waals surface area contributed by atoms with Crippen molar-refractivity contribution in [2.45, 2.75) is 64.7 Å². The van der Waals surface area contributed by atoms with Crippen molar-refractivity contribution < 1.29 is 14.3 Å². The fourth-order valence-corrected chi connectivity index (χ4v) is 4.89. The molecule has 5 nitrogen and oxygen atoms in total. The number of fused-ring (bicyclic) bond motifs is 1. The van der Waals surface area contributed by atoms with Gasteiger partial charge in [-0.05, 0) is 60.8 Å². The number of carbonyl (C=O) groups is 2. The number of ether oxygens (including phenoxy) is 1. The molecular weight excluding hydrogens is 384 g/mol. The van der Waals surface area contributed by atoms with Gasteiger partial charge >= 0.3 is 0 Å². The minimum absolute atomic E-state index is 0.112. The lowest BCUT2D eigenvalue weighted by Gasteiger charge is -2.19. The molecular formula is C23H30N2O3S. The highest BCUT2D eigenvalue weighted by Gasteiger charge is 2.24. The Morgan fingerprint density at radius 2 is 1.83 bits per heavy atom. The molecule has 0 spiro atoms. The molecule has 3 N–H and O–H groups in total. The van der Waals surface area contributed by atoms with Crippen LogP contribution in [-0.2, 0) is 23.1 Å². The number of aryl methyl sites for hydroxylation is 1. The summed E-state index contributed by atoms with van der Waals surface area (Å²) < 4.78 is 5.75. The van der Waals surface area contributed by atoms with Crippen molar-refractivity contribution in [1.29, 1.82) is 0 Å². The number of nitrogens with one attached hydrogen (secondary N) is 1. The molecule has 0 bridgehead atoms. The Morgan fingerprint density at radius 3 is 2.48 bits per heavy atom. The second-order valence-electron chi connectivity index (χ2n) is 8.55. The summed E-state index contributed by atoms with van der Waals surface area (Å²) in [7, 11) is 0. The number of amides is 2. The van der Waals surface area contributed by atoms with Crippen LogP contribution in [0.4, 0.5) is 5.00 Å². The Kier molecular flexibility index (Phi) is 6.63. The zero-order valence-corrected chi connectivity index (χ0v) is 18.3. The van der Waals surface area contributed by atoms with E-state index in [4.69, 9.17) is 10.5 Å². The number of hydrogen-bond acceptors (Lipinski definition) is 4. The van der Waals surface area contributed by atoms with Crippen molar-refractivity contribution in [2.75, 3.05) is 11.9 Å². The lowest BCUT2D eigenvalue weighted by Crippen LogP contribution is -2.18. The van der Waals surface area contributed by atoms with Crippen LogP contribution in [0.15, 0.2) is 24.3 Å². The molecule has 0 saturated heterocycles. The molecule has 2 aromatic rings. The second-order valence-corrected chi connectivity index (χ2v) is 9.66. The van der Waals surface area contributed by atoms with E-state index in [0.29, 0.717) is 30.0 Å². The summed E-state index contributed by atoms with van der Waals surface area (Å²) in [5.74, 6) is 0.236. The Morgan fingerprint density at radius 1 is 1.14 bits per heavy atom. The third kappa shape index (κ3) is 5.38. The van der Waals surface area contributed by atoms with Crippen LogP contribution in [0.3, 0.4) is 0 Å². The first-order valence-corrected chi connectivity index (χ1v) is 11.0. The highest BCUT2D eigenvalue weighted by Crippen LogP contribution is 2.38. The molecule has 156 valence electrons. The average molecular weight is 415 g/mol. The van der Waals surface area contributed by atoms with Crippen molar-refractivity contribution >= 4 is 28.2 Å². The van der Waals surface area contributed by atoms with Crippen LogP contribution in [0, 0.1) is 0 Å². The SMILES string of the molecule is CC(C)(C)c1ccc(OCCCC(=O)Nc2sc3c(c2C(N)=O)CCCC3)cc1. The molecule has 1 aliphatic carbocycles. The number of rotatable bonds is 7. The smallest absolute Gasteiger partial charge is 0.251 e. The molecule has 0 aliphatic heterocycles. The predicted octanol–water partition coefficient (Wildman–Crippen LogP) is 4.82. The van der Waals surface area contributed by atoms with E-state index >= 15 is 0 Å². The van der Waals surface area contributed by atoms with Gasteiger partial charge in [0, 0.05) is 11.3 Å². The van der Waals surface area contributed by atoms with Crippen LogP contribution in [-0.4, -0.2) is 18.4 Å². The molecule has 3 rings (SSSR count). The van der Waals surface area contributed by atoms with E-state index in [1.165, 1.54) is 21.8 Å². The van der Waals surface area contributed by atoms with Gasteiger partial charge in [-0.15, -0.1) is 11.3 Å². The van der Waals surface area contributed by atoms with Gasteiger partial charge in [0.2, 0.25) is 5.91 Å². The maximum absolute atomic E-state index is 12.4. The topological polar surface area (TPSA) is 81.4 Å². The molecule has 0 fully saturated rings. The van der Waals surface area contributed by atoms with E-state index in [0.717, 1.165) is 37.0 Å². The van der Waals surface area contributed by atoms with Crippen molar-refractivity contribution in [3.8, 4) is 5.75 Å². The van der Waals surface area contributed by atoms with Gasteiger partial charge in [0.15, 0.2) is 0 Å². The molecule has 1 heterocycles. The Balaban J connectivity index is 1.49. The summed E-state index contributed by atoms with van der Waals surface area (Å²) in [6.45, 7) is 6.99. The average Bonchev–Trinajstić information content (AvgIpc) is 3.02. The van der Waals surface area contributed by atoms with Crippen molar-refractivity contribution in [3.63, 3.8) is 0 Å². The van der Waals surface area contributed by atoms with Crippen molar-refractivity contribution in [2.24, 2.45) is 5.73 Å². The maximum Gasteiger partial charge on any atom is 0.251 e. The van der Waals surface area contributed by atoms with Gasteiger partial charge in [-0.3, -0.25) is 9.59 Å². The molecule has 0 atom stereocenters. The van der Waals surface area contributed by atoms with Gasteiger partial charge in [-0.1, -0.05) is 32.9 Å². The van der Waals surface area contributed by atoms with Crippen LogP contribution in [0.5, 0.6) is 5.75 Å². The molecule has 0 saturated carbocycles. The highest BCUT2D eigenvalue weighted by molar-refractivity contribution is 7.17. The van der Waals surface area contributed by atoms with E-state index in [9.17, 15) is 9.59 Å². The number of thiophene rings is 1. The zero-order chi connectivity index (χ0) is 21.0. The summed E-state index contributed by atoms with van der Waals surface area (Å²) >= 11 is 1.49. The van der Waals surface area contributed by atoms with E-state index in [1.807, 2.05) is 12.1 Å². The first-order valence-electron chi connectivity index (χ1n) is 10.2. The summed E-state index contributed by atoms with van der Waals surface area (Å²) in [6.07, 6.45) is 4.93. The third-order valence-corrected chi connectivity index (χ3v) is 6.42. The fraction of sp³-hybridized carbons (Fsp3) is 0.478. The highest BCUT2D eigenvalue weighted by atomic mass is 32.1. The Bertz CT molecular complexity index is 879. The molecule has 0 radical (unpaired) electrons. The van der Waals surface area contributed by atoms with Crippen LogP contribution < -0.4 is 15.8 Å². The van der Waals surface area contributed by atoms with Gasteiger partial charge in [0.25, 0.3) is 5.91 Å². The van der Waals surface area contributed by atoms with Gasteiger partial charge in [-0.2, -0.15) is 0 Å². The van der Waals surface area contributed by atoms with Crippen LogP contribution in [0.1, 0.15) is 72.8 Å². The molecule has 6 heteroatoms. The maximum atomic E-state index is 12.4. The molecule has 0 unspecified atom stereocenters. The summed E-state index contributed by atoms with van der Waals surface area (Å²) in [5, 5.41) is 3.50. The second kappa shape index (κ2) is 8.99. The summed E-state index contributed by atoms with van der Waals surface area (Å²) in [4.78, 5) is 25.4. The van der Waals surface area contributed by atoms with E-state index in [1.54, 1.807) is 0 Å². The minimum atomic E-state index is -0.457. The molecule has 2 amide bonds. The van der Waals surface area contributed by atoms with Crippen molar-refractivity contribution in [1.82, 2.24) is 0 Å². The van der Waals surface area contributed by atoms with Crippen LogP contribution >= 0.6 is 11.3 Å². The fourth-order valence-electron chi connectivity index (χ4n) is 3.58. The normalized spacial score (nSPS) is 13.6. The number of hydrogen-bond donors (Lipinski definition) is 2. The Labute approximate surface area is 176 Å². The number of carbonyl (C=O) groups excluding carboxylic acids is 2. The first kappa shape index (κ1) is 21.4. The minimum Gasteiger partial charge on any atom is -0.494 e. The quantitative estimate of drug-likeness (QED) is 0.637. The van der Waals surface area contributed by atoms with Crippen LogP contribution in [0.2, 0.25) is 0 Å². The predicted molar refractivity (Wildman–Crippen MR) is 118 cm³/mol. The molecule has 1 aromatic carbocycles. The molecule has 29 heavy (non-hydrogen) atoms. The van der Waals surface area contributed by atoms with Crippen molar-refractivity contribution in [3.05, 3.63) is 45.8 Å². The third-order valence-electron chi connectivity index (χ3n) is 5.21. The largest absolute Gasteiger partial charge is 0.494 e. The first-order chi connectivity index (χ1) is 13.8. The molecule has 1 aliphatic rings. The summed E-state index contributed by atoms with van der Waals surface area (Å²) in [6, 6.07) is 8.09. The number of primary amides is 1. The number of benzene rings is 1. The van der Waals surface area contributed by atoms with E-state index in [2.05, 4.69) is 38.2 Å². The Hall–Kier alpha value is -2.34. The van der Waals surface area contributed by atoms with Crippen LogP contribution in [0.25, 0.3) is 0 Å². The van der Waals surface area contributed by atoms with Gasteiger partial charge < -0.3 is 15.8 Å². The van der Waals surface area contributed by atoms with Gasteiger partial charge in [-0.25, -0.2) is 0 Å². The standard InChI is InChI=1S/C23H30N2O3S/c1-23(2,3)15-10-12-16(13-11-15)28-14-6-9-19(26)25-22-20(21(24)27)17-7-4-5-8-18(17)29-22/h10-13H,4-9,14H2,1-3H3,(H2,24,27)(H,25,26).